The van der Waals surface area contributed by atoms with Crippen molar-refractivity contribution in [2.24, 2.45) is 0 Å². The van der Waals surface area contributed by atoms with Crippen LogP contribution in [-0.4, -0.2) is 63.2 Å². The highest BCUT2D eigenvalue weighted by molar-refractivity contribution is 5.81. The van der Waals surface area contributed by atoms with Gasteiger partial charge in [0, 0.05) is 19.8 Å². The summed E-state index contributed by atoms with van der Waals surface area (Å²) in [6.45, 7) is 7.43. The Kier molecular flexibility index (Phi) is 9.82. The summed E-state index contributed by atoms with van der Waals surface area (Å²) >= 11 is 0. The molecular weight excluding hydrogens is 302 g/mol. The van der Waals surface area contributed by atoms with Crippen LogP contribution in [0.3, 0.4) is 0 Å². The van der Waals surface area contributed by atoms with E-state index in [1.807, 2.05) is 13.8 Å². The Morgan fingerprint density at radius 1 is 1.26 bits per heavy atom. The van der Waals surface area contributed by atoms with Crippen molar-refractivity contribution in [2.45, 2.75) is 58.3 Å². The first-order valence-corrected chi connectivity index (χ1v) is 8.27. The number of carbonyl (C=O) groups excluding carboxylic acids is 2. The predicted octanol–water partition coefficient (Wildman–Crippen LogP) is 1.05. The van der Waals surface area contributed by atoms with Gasteiger partial charge in [-0.2, -0.15) is 0 Å². The first-order valence-electron chi connectivity index (χ1n) is 8.27. The predicted molar refractivity (Wildman–Crippen MR) is 84.1 cm³/mol. The summed E-state index contributed by atoms with van der Waals surface area (Å²) in [7, 11) is 0. The molecule has 0 aromatic rings. The molecule has 2 unspecified atom stereocenters. The highest BCUT2D eigenvalue weighted by Gasteiger charge is 2.21. The number of carbonyl (C=O) groups is 2. The van der Waals surface area contributed by atoms with Gasteiger partial charge in [0.1, 0.15) is 0 Å². The summed E-state index contributed by atoms with van der Waals surface area (Å²) in [6.07, 6.45) is 2.23. The van der Waals surface area contributed by atoms with Gasteiger partial charge in [0.2, 0.25) is 0 Å². The molecule has 1 fully saturated rings. The zero-order valence-electron chi connectivity index (χ0n) is 14.3. The molecule has 1 N–H and O–H groups in total. The Balaban J connectivity index is 2.03. The minimum Gasteiger partial charge on any atom is -0.454 e. The van der Waals surface area contributed by atoms with Gasteiger partial charge in [-0.1, -0.05) is 0 Å². The third kappa shape index (κ3) is 9.53. The lowest BCUT2D eigenvalue weighted by atomic mass is 10.2. The summed E-state index contributed by atoms with van der Waals surface area (Å²) in [5.74, 6) is -0.865. The molecule has 0 bridgehead atoms. The van der Waals surface area contributed by atoms with Crippen LogP contribution in [0.2, 0.25) is 0 Å². The first-order chi connectivity index (χ1) is 11.0. The molecule has 7 heteroatoms. The van der Waals surface area contributed by atoms with E-state index in [-0.39, 0.29) is 24.7 Å². The van der Waals surface area contributed by atoms with Gasteiger partial charge >= 0.3 is 5.97 Å². The van der Waals surface area contributed by atoms with Crippen LogP contribution in [0.1, 0.15) is 40.0 Å². The summed E-state index contributed by atoms with van der Waals surface area (Å²) in [5, 5.41) is 2.67. The van der Waals surface area contributed by atoms with Crippen molar-refractivity contribution < 1.29 is 28.5 Å². The van der Waals surface area contributed by atoms with E-state index in [4.69, 9.17) is 18.9 Å². The minimum absolute atomic E-state index is 0.0570. The van der Waals surface area contributed by atoms with Gasteiger partial charge < -0.3 is 24.3 Å². The fraction of sp³-hybridized carbons (Fsp3) is 0.875. The van der Waals surface area contributed by atoms with Crippen molar-refractivity contribution in [3.63, 3.8) is 0 Å². The monoisotopic (exact) mass is 331 g/mol. The fourth-order valence-electron chi connectivity index (χ4n) is 2.02. The van der Waals surface area contributed by atoms with Crippen molar-refractivity contribution in [2.75, 3.05) is 33.0 Å². The van der Waals surface area contributed by atoms with Crippen LogP contribution in [0.15, 0.2) is 0 Å². The highest BCUT2D eigenvalue weighted by Crippen LogP contribution is 2.12. The second kappa shape index (κ2) is 11.4. The average molecular weight is 331 g/mol. The van der Waals surface area contributed by atoms with E-state index >= 15 is 0 Å². The molecule has 1 rings (SSSR count). The summed E-state index contributed by atoms with van der Waals surface area (Å²) in [6, 6.07) is 0. The number of esters is 1. The van der Waals surface area contributed by atoms with Crippen LogP contribution in [0.4, 0.5) is 0 Å². The van der Waals surface area contributed by atoms with Gasteiger partial charge in [-0.05, 0) is 40.0 Å². The van der Waals surface area contributed by atoms with E-state index in [0.717, 1.165) is 25.9 Å². The SMILES string of the molecule is CC(C)OCCCNC(=O)COC(=O)C(C)OCC1CCCO1. The van der Waals surface area contributed by atoms with Crippen molar-refractivity contribution >= 4 is 11.9 Å². The van der Waals surface area contributed by atoms with Crippen LogP contribution in [0.25, 0.3) is 0 Å². The molecule has 0 aliphatic carbocycles. The normalized spacial score (nSPS) is 18.9. The smallest absolute Gasteiger partial charge is 0.335 e. The Bertz CT molecular complexity index is 354. The zero-order chi connectivity index (χ0) is 17.1. The summed E-state index contributed by atoms with van der Waals surface area (Å²) < 4.78 is 21.1. The maximum atomic E-state index is 11.7. The quantitative estimate of drug-likeness (QED) is 0.450. The standard InChI is InChI=1S/C16H29NO6/c1-12(2)20-9-5-7-17-15(18)11-23-16(19)13(3)22-10-14-6-4-8-21-14/h12-14H,4-11H2,1-3H3,(H,17,18). The maximum Gasteiger partial charge on any atom is 0.335 e. The second-order valence-electron chi connectivity index (χ2n) is 5.84. The Morgan fingerprint density at radius 3 is 2.70 bits per heavy atom. The summed E-state index contributed by atoms with van der Waals surface area (Å²) in [4.78, 5) is 23.3. The van der Waals surface area contributed by atoms with Gasteiger partial charge in [-0.3, -0.25) is 4.79 Å². The van der Waals surface area contributed by atoms with Gasteiger partial charge in [-0.25, -0.2) is 4.79 Å². The van der Waals surface area contributed by atoms with Crippen molar-refractivity contribution in [3.05, 3.63) is 0 Å². The molecule has 1 aliphatic heterocycles. The molecule has 0 radical (unpaired) electrons. The second-order valence-corrected chi connectivity index (χ2v) is 5.84. The van der Waals surface area contributed by atoms with Crippen LogP contribution < -0.4 is 5.32 Å². The van der Waals surface area contributed by atoms with Gasteiger partial charge in [0.25, 0.3) is 5.91 Å². The van der Waals surface area contributed by atoms with E-state index in [9.17, 15) is 9.59 Å². The first kappa shape index (κ1) is 19.9. The topological polar surface area (TPSA) is 83.1 Å². The van der Waals surface area contributed by atoms with E-state index < -0.39 is 12.1 Å². The molecule has 1 saturated heterocycles. The minimum atomic E-state index is -0.702. The molecule has 1 aliphatic rings. The molecule has 2 atom stereocenters. The zero-order valence-corrected chi connectivity index (χ0v) is 14.3. The molecule has 0 saturated carbocycles. The van der Waals surface area contributed by atoms with Gasteiger partial charge in [-0.15, -0.1) is 0 Å². The number of ether oxygens (including phenoxy) is 4. The fourth-order valence-corrected chi connectivity index (χ4v) is 2.02. The molecular formula is C16H29NO6. The van der Waals surface area contributed by atoms with E-state index in [1.54, 1.807) is 6.92 Å². The van der Waals surface area contributed by atoms with Crippen LogP contribution in [-0.2, 0) is 28.5 Å². The van der Waals surface area contributed by atoms with Crippen molar-refractivity contribution in [3.8, 4) is 0 Å². The molecule has 0 spiro atoms. The molecule has 7 nitrogen and oxygen atoms in total. The van der Waals surface area contributed by atoms with E-state index in [2.05, 4.69) is 5.32 Å². The molecule has 1 amide bonds. The molecule has 1 heterocycles. The van der Waals surface area contributed by atoms with E-state index in [1.165, 1.54) is 0 Å². The number of hydrogen-bond donors (Lipinski definition) is 1. The Morgan fingerprint density at radius 2 is 2.04 bits per heavy atom. The van der Waals surface area contributed by atoms with Crippen LogP contribution in [0, 0.1) is 0 Å². The summed E-state index contributed by atoms with van der Waals surface area (Å²) in [5.41, 5.74) is 0. The Hall–Kier alpha value is -1.18. The van der Waals surface area contributed by atoms with Crippen LogP contribution in [0.5, 0.6) is 0 Å². The van der Waals surface area contributed by atoms with Gasteiger partial charge in [0.05, 0.1) is 18.8 Å². The molecule has 0 aromatic heterocycles. The number of hydrogen-bond acceptors (Lipinski definition) is 6. The lowest BCUT2D eigenvalue weighted by Gasteiger charge is -2.15. The third-order valence-electron chi connectivity index (χ3n) is 3.33. The molecule has 134 valence electrons. The molecule has 0 aromatic carbocycles. The average Bonchev–Trinajstić information content (AvgIpc) is 3.03. The number of nitrogens with one attached hydrogen (secondary N) is 1. The van der Waals surface area contributed by atoms with Gasteiger partial charge in [0.15, 0.2) is 12.7 Å². The Labute approximate surface area is 138 Å². The largest absolute Gasteiger partial charge is 0.454 e. The lowest BCUT2D eigenvalue weighted by molar-refractivity contribution is -0.160. The number of amides is 1. The van der Waals surface area contributed by atoms with Crippen molar-refractivity contribution in [1.29, 1.82) is 0 Å². The number of rotatable bonds is 11. The third-order valence-corrected chi connectivity index (χ3v) is 3.33. The maximum absolute atomic E-state index is 11.7. The van der Waals surface area contributed by atoms with E-state index in [0.29, 0.717) is 19.8 Å². The van der Waals surface area contributed by atoms with Crippen LogP contribution >= 0.6 is 0 Å². The highest BCUT2D eigenvalue weighted by atomic mass is 16.6. The molecule has 23 heavy (non-hydrogen) atoms. The lowest BCUT2D eigenvalue weighted by Crippen LogP contribution is -2.33. The van der Waals surface area contributed by atoms with Crippen molar-refractivity contribution in [1.82, 2.24) is 5.32 Å².